The first-order chi connectivity index (χ1) is 12.7. The number of nitrogens with zero attached hydrogens (tertiary/aromatic N) is 1. The molecule has 2 saturated heterocycles. The summed E-state index contributed by atoms with van der Waals surface area (Å²) in [6.45, 7) is 2.32. The Morgan fingerprint density at radius 3 is 2.12 bits per heavy atom. The van der Waals surface area contributed by atoms with Crippen LogP contribution >= 0.6 is 0 Å². The predicted molar refractivity (Wildman–Crippen MR) is 103 cm³/mol. The third-order valence-electron chi connectivity index (χ3n) is 6.64. The average molecular weight is 349 g/mol. The molecular formula is C23H27NO2. The molecule has 26 heavy (non-hydrogen) atoms. The number of hydrogen-bond donors (Lipinski definition) is 1. The minimum atomic E-state index is -0.271. The summed E-state index contributed by atoms with van der Waals surface area (Å²) in [6, 6.07) is 20.6. The molecule has 0 unspecified atom stereocenters. The quantitative estimate of drug-likeness (QED) is 0.887. The van der Waals surface area contributed by atoms with E-state index in [9.17, 15) is 9.90 Å². The van der Waals surface area contributed by atoms with Crippen molar-refractivity contribution < 1.29 is 9.90 Å². The molecule has 2 bridgehead atoms. The maximum absolute atomic E-state index is 13.8. The first kappa shape index (κ1) is 17.3. The van der Waals surface area contributed by atoms with E-state index in [4.69, 9.17) is 0 Å². The minimum Gasteiger partial charge on any atom is -0.396 e. The Bertz CT molecular complexity index is 715. The van der Waals surface area contributed by atoms with Crippen LogP contribution in [0.3, 0.4) is 0 Å². The number of fused-ring (bicyclic) bond motifs is 2. The first-order valence-corrected chi connectivity index (χ1v) is 9.73. The van der Waals surface area contributed by atoms with E-state index in [2.05, 4.69) is 11.8 Å². The monoisotopic (exact) mass is 349 g/mol. The van der Waals surface area contributed by atoms with Crippen molar-refractivity contribution in [2.75, 3.05) is 6.61 Å². The molecule has 4 rings (SSSR count). The van der Waals surface area contributed by atoms with Gasteiger partial charge in [0.1, 0.15) is 0 Å². The molecule has 0 aliphatic carbocycles. The standard InChI is InChI=1S/C23H27NO2/c1-2-23(16-25)15-19-13-14-20(23)24(19)22(26)21(17-9-5-3-6-10-17)18-11-7-4-8-12-18/h3-12,19-21,25H,2,13-16H2,1H3/t19-,20+,23-/m0/s1. The SMILES string of the molecule is CC[C@@]1(CO)C[C@@H]2CC[C@H]1N2C(=O)C(c1ccccc1)c1ccccc1. The number of hydrogen-bond acceptors (Lipinski definition) is 2. The maximum atomic E-state index is 13.8. The highest BCUT2D eigenvalue weighted by Gasteiger charge is 2.57. The van der Waals surface area contributed by atoms with Crippen LogP contribution in [-0.4, -0.2) is 34.6 Å². The van der Waals surface area contributed by atoms with E-state index in [-0.39, 0.29) is 35.9 Å². The Hall–Kier alpha value is -2.13. The largest absolute Gasteiger partial charge is 0.396 e. The Balaban J connectivity index is 1.72. The minimum absolute atomic E-state index is 0.115. The summed E-state index contributed by atoms with van der Waals surface area (Å²) in [5.74, 6) is -0.0782. The second-order valence-electron chi connectivity index (χ2n) is 7.83. The zero-order valence-corrected chi connectivity index (χ0v) is 15.3. The Kier molecular flexibility index (Phi) is 4.58. The van der Waals surface area contributed by atoms with Crippen LogP contribution in [0.25, 0.3) is 0 Å². The lowest BCUT2D eigenvalue weighted by atomic mass is 9.72. The van der Waals surface area contributed by atoms with Crippen molar-refractivity contribution in [2.45, 2.75) is 50.6 Å². The molecule has 1 amide bonds. The summed E-state index contributed by atoms with van der Waals surface area (Å²) < 4.78 is 0. The molecule has 0 aromatic heterocycles. The van der Waals surface area contributed by atoms with Crippen LogP contribution in [0.2, 0.25) is 0 Å². The van der Waals surface area contributed by atoms with Crippen LogP contribution in [0.1, 0.15) is 49.7 Å². The zero-order chi connectivity index (χ0) is 18.1. The van der Waals surface area contributed by atoms with E-state index in [0.717, 1.165) is 36.8 Å². The molecule has 2 aliphatic heterocycles. The molecule has 3 atom stereocenters. The Labute approximate surface area is 155 Å². The van der Waals surface area contributed by atoms with Gasteiger partial charge in [-0.1, -0.05) is 67.6 Å². The average Bonchev–Trinajstić information content (AvgIpc) is 3.26. The van der Waals surface area contributed by atoms with Gasteiger partial charge < -0.3 is 10.0 Å². The van der Waals surface area contributed by atoms with Crippen molar-refractivity contribution in [1.29, 1.82) is 0 Å². The van der Waals surface area contributed by atoms with Crippen molar-refractivity contribution >= 4 is 5.91 Å². The normalized spacial score (nSPS) is 27.3. The highest BCUT2D eigenvalue weighted by Crippen LogP contribution is 2.52. The van der Waals surface area contributed by atoms with Gasteiger partial charge in [0.25, 0.3) is 0 Å². The lowest BCUT2D eigenvalue weighted by Crippen LogP contribution is -2.44. The fourth-order valence-corrected chi connectivity index (χ4v) is 5.20. The lowest BCUT2D eigenvalue weighted by molar-refractivity contribution is -0.134. The van der Waals surface area contributed by atoms with Crippen LogP contribution in [0.15, 0.2) is 60.7 Å². The second kappa shape index (κ2) is 6.88. The molecule has 1 N–H and O–H groups in total. The number of aliphatic hydroxyl groups is 1. The molecule has 3 heteroatoms. The molecule has 2 heterocycles. The molecule has 2 aliphatic rings. The summed E-state index contributed by atoms with van der Waals surface area (Å²) in [6.07, 6.45) is 3.94. The molecule has 2 aromatic rings. The van der Waals surface area contributed by atoms with Crippen molar-refractivity contribution in [3.8, 4) is 0 Å². The van der Waals surface area contributed by atoms with Crippen LogP contribution in [-0.2, 0) is 4.79 Å². The van der Waals surface area contributed by atoms with Gasteiger partial charge in [-0.25, -0.2) is 0 Å². The molecule has 136 valence electrons. The molecular weight excluding hydrogens is 322 g/mol. The van der Waals surface area contributed by atoms with E-state index >= 15 is 0 Å². The summed E-state index contributed by atoms with van der Waals surface area (Å²) in [5.41, 5.74) is 1.97. The van der Waals surface area contributed by atoms with Gasteiger partial charge in [-0.15, -0.1) is 0 Å². The van der Waals surface area contributed by atoms with Gasteiger partial charge in [0.15, 0.2) is 0 Å². The zero-order valence-electron chi connectivity index (χ0n) is 15.3. The molecule has 0 spiro atoms. The highest BCUT2D eigenvalue weighted by molar-refractivity contribution is 5.88. The second-order valence-corrected chi connectivity index (χ2v) is 7.83. The first-order valence-electron chi connectivity index (χ1n) is 9.73. The van der Waals surface area contributed by atoms with Crippen LogP contribution in [0, 0.1) is 5.41 Å². The molecule has 2 aromatic carbocycles. The summed E-state index contributed by atoms with van der Waals surface area (Å²) in [4.78, 5) is 15.9. The number of aliphatic hydroxyl groups excluding tert-OH is 1. The van der Waals surface area contributed by atoms with Crippen molar-refractivity contribution in [3.05, 3.63) is 71.8 Å². The van der Waals surface area contributed by atoms with Crippen molar-refractivity contribution in [3.63, 3.8) is 0 Å². The predicted octanol–water partition coefficient (Wildman–Crippen LogP) is 3.97. The van der Waals surface area contributed by atoms with Gasteiger partial charge in [-0.2, -0.15) is 0 Å². The summed E-state index contributed by atoms with van der Waals surface area (Å²) in [5, 5.41) is 10.1. The van der Waals surface area contributed by atoms with E-state index in [1.165, 1.54) is 0 Å². The third-order valence-corrected chi connectivity index (χ3v) is 6.64. The van der Waals surface area contributed by atoms with Crippen molar-refractivity contribution in [1.82, 2.24) is 4.90 Å². The van der Waals surface area contributed by atoms with Gasteiger partial charge in [0.2, 0.25) is 5.91 Å². The molecule has 3 nitrogen and oxygen atoms in total. The molecule has 2 fully saturated rings. The van der Waals surface area contributed by atoms with E-state index in [0.29, 0.717) is 0 Å². The Morgan fingerprint density at radius 2 is 1.65 bits per heavy atom. The molecule has 0 radical (unpaired) electrons. The van der Waals surface area contributed by atoms with Crippen LogP contribution in [0.4, 0.5) is 0 Å². The van der Waals surface area contributed by atoms with Crippen LogP contribution < -0.4 is 0 Å². The van der Waals surface area contributed by atoms with Gasteiger partial charge in [0, 0.05) is 17.5 Å². The molecule has 0 saturated carbocycles. The number of carbonyl (C=O) groups excluding carboxylic acids is 1. The van der Waals surface area contributed by atoms with Crippen LogP contribution in [0.5, 0.6) is 0 Å². The van der Waals surface area contributed by atoms with Gasteiger partial charge in [-0.05, 0) is 36.8 Å². The Morgan fingerprint density at radius 1 is 1.08 bits per heavy atom. The summed E-state index contributed by atoms with van der Waals surface area (Å²) >= 11 is 0. The highest BCUT2D eigenvalue weighted by atomic mass is 16.3. The number of amides is 1. The van der Waals surface area contributed by atoms with Gasteiger partial charge >= 0.3 is 0 Å². The number of rotatable bonds is 5. The van der Waals surface area contributed by atoms with Gasteiger partial charge in [-0.3, -0.25) is 4.79 Å². The van der Waals surface area contributed by atoms with Gasteiger partial charge in [0.05, 0.1) is 12.5 Å². The van der Waals surface area contributed by atoms with Crippen molar-refractivity contribution in [2.24, 2.45) is 5.41 Å². The number of carbonyl (C=O) groups is 1. The smallest absolute Gasteiger partial charge is 0.235 e. The van der Waals surface area contributed by atoms with E-state index in [1.54, 1.807) is 0 Å². The lowest BCUT2D eigenvalue weighted by Gasteiger charge is -2.35. The van der Waals surface area contributed by atoms with E-state index < -0.39 is 0 Å². The van der Waals surface area contributed by atoms with E-state index in [1.807, 2.05) is 60.7 Å². The number of benzene rings is 2. The topological polar surface area (TPSA) is 40.5 Å². The summed E-state index contributed by atoms with van der Waals surface area (Å²) in [7, 11) is 0. The fraction of sp³-hybridized carbons (Fsp3) is 0.435. The fourth-order valence-electron chi connectivity index (χ4n) is 5.20. The third kappa shape index (κ3) is 2.66. The maximum Gasteiger partial charge on any atom is 0.235 e.